The van der Waals surface area contributed by atoms with Gasteiger partial charge in [0, 0.05) is 13.0 Å². The van der Waals surface area contributed by atoms with Crippen LogP contribution in [-0.4, -0.2) is 28.2 Å². The summed E-state index contributed by atoms with van der Waals surface area (Å²) in [5.41, 5.74) is 2.88. The Morgan fingerprint density at radius 1 is 0.774 bits per heavy atom. The van der Waals surface area contributed by atoms with E-state index in [2.05, 4.69) is 6.07 Å². The summed E-state index contributed by atoms with van der Waals surface area (Å²) >= 11 is 0. The average Bonchev–Trinajstić information content (AvgIpc) is 2.84. The zero-order valence-corrected chi connectivity index (χ0v) is 17.8. The molecule has 0 saturated heterocycles. The van der Waals surface area contributed by atoms with Gasteiger partial charge in [0.15, 0.2) is 0 Å². The first-order valence-corrected chi connectivity index (χ1v) is 10.4. The molecule has 31 heavy (non-hydrogen) atoms. The Bertz CT molecular complexity index is 1010. The number of allylic oxidation sites excluding steroid dienone is 1. The van der Waals surface area contributed by atoms with E-state index in [0.717, 1.165) is 16.7 Å². The minimum Gasteiger partial charge on any atom is -0.387 e. The van der Waals surface area contributed by atoms with E-state index < -0.39 is 18.1 Å². The third-order valence-corrected chi connectivity index (χ3v) is 5.71. The lowest BCUT2D eigenvalue weighted by atomic mass is 9.88. The fourth-order valence-corrected chi connectivity index (χ4v) is 3.67. The number of benzene rings is 3. The van der Waals surface area contributed by atoms with Crippen molar-refractivity contribution >= 4 is 0 Å². The second kappa shape index (κ2) is 10.6. The van der Waals surface area contributed by atoms with Gasteiger partial charge in [0.05, 0.1) is 18.2 Å². The third-order valence-electron chi connectivity index (χ3n) is 5.71. The lowest BCUT2D eigenvalue weighted by Crippen LogP contribution is -2.34. The van der Waals surface area contributed by atoms with Crippen molar-refractivity contribution in [2.75, 3.05) is 7.05 Å². The Kier molecular flexibility index (Phi) is 7.61. The molecular formula is C27H28N2O2. The number of hydrogen-bond donors (Lipinski definition) is 2. The van der Waals surface area contributed by atoms with E-state index in [1.54, 1.807) is 18.0 Å². The minimum absolute atomic E-state index is 0.335. The van der Waals surface area contributed by atoms with Crippen molar-refractivity contribution in [3.63, 3.8) is 0 Å². The number of aliphatic hydroxyl groups excluding tert-OH is 2. The molecule has 4 nitrogen and oxygen atoms in total. The quantitative estimate of drug-likeness (QED) is 0.513. The predicted molar refractivity (Wildman–Crippen MR) is 123 cm³/mol. The van der Waals surface area contributed by atoms with Gasteiger partial charge in [-0.1, -0.05) is 91.0 Å². The smallest absolute Gasteiger partial charge is 0.117 e. The van der Waals surface area contributed by atoms with Crippen LogP contribution in [0.1, 0.15) is 41.7 Å². The molecule has 0 spiro atoms. The van der Waals surface area contributed by atoms with Crippen LogP contribution in [0, 0.1) is 11.3 Å². The van der Waals surface area contributed by atoms with Crippen LogP contribution in [0.5, 0.6) is 0 Å². The molecule has 0 aliphatic heterocycles. The SMILES string of the molecule is C[C@@H]([C@H](O)c1ccccc1)N(C)/C(C#N)=C/C(c1ccccc1)C(O)c1ccccc1. The molecule has 0 amide bonds. The first-order chi connectivity index (χ1) is 15.0. The van der Waals surface area contributed by atoms with Gasteiger partial charge >= 0.3 is 0 Å². The zero-order chi connectivity index (χ0) is 22.2. The van der Waals surface area contributed by atoms with Crippen LogP contribution >= 0.6 is 0 Å². The standard InChI is InChI=1S/C27H28N2O2/c1-20(26(30)22-14-8-4-9-15-22)29(2)24(19-28)18-25(21-12-6-3-7-13-21)27(31)23-16-10-5-11-17-23/h3-18,20,25-27,30-31H,1-2H3/b24-18+/t20-,25?,26-,27?/m0/s1. The van der Waals surface area contributed by atoms with E-state index in [1.807, 2.05) is 97.9 Å². The van der Waals surface area contributed by atoms with Crippen molar-refractivity contribution in [1.29, 1.82) is 5.26 Å². The summed E-state index contributed by atoms with van der Waals surface area (Å²) < 4.78 is 0. The van der Waals surface area contributed by atoms with E-state index in [0.29, 0.717) is 5.70 Å². The van der Waals surface area contributed by atoms with E-state index in [9.17, 15) is 15.5 Å². The summed E-state index contributed by atoms with van der Waals surface area (Å²) in [7, 11) is 1.79. The fraction of sp³-hybridized carbons (Fsp3) is 0.222. The van der Waals surface area contributed by atoms with Gasteiger partial charge in [0.25, 0.3) is 0 Å². The van der Waals surface area contributed by atoms with Crippen LogP contribution in [0.3, 0.4) is 0 Å². The molecule has 0 aliphatic rings. The summed E-state index contributed by atoms with van der Waals surface area (Å²) in [4.78, 5) is 1.77. The largest absolute Gasteiger partial charge is 0.387 e. The third kappa shape index (κ3) is 5.40. The molecule has 158 valence electrons. The molecule has 0 aliphatic carbocycles. The van der Waals surface area contributed by atoms with Gasteiger partial charge < -0.3 is 15.1 Å². The van der Waals surface area contributed by atoms with Gasteiger partial charge in [-0.05, 0) is 29.7 Å². The maximum atomic E-state index is 11.2. The summed E-state index contributed by atoms with van der Waals surface area (Å²) in [5, 5.41) is 31.9. The second-order valence-electron chi connectivity index (χ2n) is 7.66. The van der Waals surface area contributed by atoms with E-state index in [1.165, 1.54) is 0 Å². The van der Waals surface area contributed by atoms with Gasteiger partial charge in [-0.15, -0.1) is 0 Å². The molecule has 0 heterocycles. The molecule has 0 fully saturated rings. The Balaban J connectivity index is 1.94. The number of nitriles is 1. The van der Waals surface area contributed by atoms with Crippen LogP contribution in [0.25, 0.3) is 0 Å². The summed E-state index contributed by atoms with van der Waals surface area (Å²) in [6, 6.07) is 30.5. The maximum Gasteiger partial charge on any atom is 0.117 e. The molecule has 2 unspecified atom stereocenters. The van der Waals surface area contributed by atoms with Crippen molar-refractivity contribution in [3.8, 4) is 6.07 Å². The fourth-order valence-electron chi connectivity index (χ4n) is 3.67. The van der Waals surface area contributed by atoms with Gasteiger partial charge in [0.1, 0.15) is 11.8 Å². The maximum absolute atomic E-state index is 11.2. The number of aliphatic hydroxyl groups is 2. The Hall–Kier alpha value is -3.39. The zero-order valence-electron chi connectivity index (χ0n) is 17.8. The van der Waals surface area contributed by atoms with Crippen molar-refractivity contribution in [2.24, 2.45) is 0 Å². The van der Waals surface area contributed by atoms with Crippen LogP contribution in [0.4, 0.5) is 0 Å². The molecular weight excluding hydrogens is 384 g/mol. The highest BCUT2D eigenvalue weighted by atomic mass is 16.3. The van der Waals surface area contributed by atoms with Gasteiger partial charge in [-0.2, -0.15) is 5.26 Å². The van der Waals surface area contributed by atoms with Crippen LogP contribution in [0.2, 0.25) is 0 Å². The number of hydrogen-bond acceptors (Lipinski definition) is 4. The number of likely N-dealkylation sites (N-methyl/N-ethyl adjacent to an activating group) is 1. The molecule has 0 saturated carbocycles. The highest BCUT2D eigenvalue weighted by Gasteiger charge is 2.26. The highest BCUT2D eigenvalue weighted by Crippen LogP contribution is 2.34. The Morgan fingerprint density at radius 3 is 1.65 bits per heavy atom. The molecule has 0 aromatic heterocycles. The lowest BCUT2D eigenvalue weighted by Gasteiger charge is -2.31. The van der Waals surface area contributed by atoms with Crippen LogP contribution in [-0.2, 0) is 0 Å². The normalized spacial score (nSPS) is 15.4. The number of rotatable bonds is 8. The van der Waals surface area contributed by atoms with Crippen molar-refractivity contribution < 1.29 is 10.2 Å². The average molecular weight is 413 g/mol. The van der Waals surface area contributed by atoms with E-state index >= 15 is 0 Å². The first-order valence-electron chi connectivity index (χ1n) is 10.4. The predicted octanol–water partition coefficient (Wildman–Crippen LogP) is 4.97. The molecule has 2 N–H and O–H groups in total. The highest BCUT2D eigenvalue weighted by molar-refractivity contribution is 5.34. The molecule has 0 bridgehead atoms. The first kappa shape index (κ1) is 22.3. The van der Waals surface area contributed by atoms with Crippen molar-refractivity contribution in [1.82, 2.24) is 4.90 Å². The van der Waals surface area contributed by atoms with Crippen molar-refractivity contribution in [3.05, 3.63) is 119 Å². The number of nitrogens with zero attached hydrogens (tertiary/aromatic N) is 2. The van der Waals surface area contributed by atoms with Gasteiger partial charge in [0.2, 0.25) is 0 Å². The van der Waals surface area contributed by atoms with Gasteiger partial charge in [-0.3, -0.25) is 0 Å². The molecule has 4 atom stereocenters. The minimum atomic E-state index is -0.810. The second-order valence-corrected chi connectivity index (χ2v) is 7.66. The molecule has 3 aromatic rings. The lowest BCUT2D eigenvalue weighted by molar-refractivity contribution is 0.0905. The molecule has 0 radical (unpaired) electrons. The summed E-state index contributed by atoms with van der Waals surface area (Å²) in [6.07, 6.45) is 0.230. The Morgan fingerprint density at radius 2 is 1.19 bits per heavy atom. The molecule has 4 heteroatoms. The monoisotopic (exact) mass is 412 g/mol. The summed E-state index contributed by atoms with van der Waals surface area (Å²) in [5.74, 6) is -0.415. The van der Waals surface area contributed by atoms with E-state index in [4.69, 9.17) is 0 Å². The summed E-state index contributed by atoms with van der Waals surface area (Å²) in [6.45, 7) is 1.88. The van der Waals surface area contributed by atoms with Crippen LogP contribution < -0.4 is 0 Å². The van der Waals surface area contributed by atoms with Gasteiger partial charge in [-0.25, -0.2) is 0 Å². The topological polar surface area (TPSA) is 67.5 Å². The van der Waals surface area contributed by atoms with Crippen LogP contribution in [0.15, 0.2) is 103 Å². The molecule has 3 rings (SSSR count). The van der Waals surface area contributed by atoms with E-state index in [-0.39, 0.29) is 6.04 Å². The van der Waals surface area contributed by atoms with Crippen molar-refractivity contribution in [2.45, 2.75) is 31.1 Å². The molecule has 3 aromatic carbocycles. The Labute approximate surface area is 184 Å².